The van der Waals surface area contributed by atoms with Gasteiger partial charge in [0.05, 0.1) is 16.6 Å². The van der Waals surface area contributed by atoms with E-state index in [0.717, 1.165) is 0 Å². The fourth-order valence-corrected chi connectivity index (χ4v) is 5.65. The number of halogens is 4. The van der Waals surface area contributed by atoms with E-state index in [1.165, 1.54) is 14.2 Å². The van der Waals surface area contributed by atoms with Crippen LogP contribution in [-0.2, 0) is 9.47 Å². The van der Waals surface area contributed by atoms with E-state index in [9.17, 15) is 4.91 Å². The normalized spacial score (nSPS) is 43.9. The smallest absolute Gasteiger partial charge is 0.217 e. The molecular weight excluding hydrogens is 336 g/mol. The first kappa shape index (κ1) is 15.8. The van der Waals surface area contributed by atoms with Gasteiger partial charge in [-0.15, -0.1) is 23.2 Å². The van der Waals surface area contributed by atoms with E-state index in [1.54, 1.807) is 0 Å². The fraction of sp³-hybridized carbons (Fsp3) is 0.818. The van der Waals surface area contributed by atoms with Crippen molar-refractivity contribution in [2.45, 2.75) is 22.5 Å². The van der Waals surface area contributed by atoms with Crippen molar-refractivity contribution < 1.29 is 9.47 Å². The zero-order chi connectivity index (χ0) is 14.6. The molecule has 8 heteroatoms. The zero-order valence-electron chi connectivity index (χ0n) is 10.5. The van der Waals surface area contributed by atoms with Gasteiger partial charge in [-0.1, -0.05) is 35.3 Å². The highest BCUT2D eigenvalue weighted by atomic mass is 35.5. The lowest BCUT2D eigenvalue weighted by Gasteiger charge is -2.41. The number of rotatable bonds is 4. The molecular formula is C11H13Cl4NO3. The van der Waals surface area contributed by atoms with Crippen molar-refractivity contribution in [3.63, 3.8) is 0 Å². The second kappa shape index (κ2) is 4.72. The monoisotopic (exact) mass is 347 g/mol. The van der Waals surface area contributed by atoms with Gasteiger partial charge in [-0.05, 0) is 5.92 Å². The molecule has 0 aliphatic heterocycles. The van der Waals surface area contributed by atoms with Crippen LogP contribution < -0.4 is 0 Å². The summed E-state index contributed by atoms with van der Waals surface area (Å²) in [5.74, 6) is -2.16. The summed E-state index contributed by atoms with van der Waals surface area (Å²) in [5.41, 5.74) is 0. The molecule has 0 heterocycles. The Hall–Kier alpha value is 0.420. The van der Waals surface area contributed by atoms with Crippen LogP contribution in [-0.4, -0.2) is 36.3 Å². The summed E-state index contributed by atoms with van der Waals surface area (Å²) in [6.45, 7) is 1.78. The van der Waals surface area contributed by atoms with Gasteiger partial charge in [0.1, 0.15) is 9.75 Å². The van der Waals surface area contributed by atoms with Gasteiger partial charge in [0.2, 0.25) is 5.79 Å². The number of nitrogens with zero attached hydrogens (tertiary/aromatic N) is 1. The molecule has 4 atom stereocenters. The van der Waals surface area contributed by atoms with E-state index in [0.29, 0.717) is 0 Å². The van der Waals surface area contributed by atoms with Crippen molar-refractivity contribution in [2.75, 3.05) is 20.8 Å². The molecule has 1 saturated carbocycles. The largest absolute Gasteiger partial charge is 0.350 e. The van der Waals surface area contributed by atoms with Gasteiger partial charge in [0.25, 0.3) is 0 Å². The summed E-state index contributed by atoms with van der Waals surface area (Å²) in [7, 11) is 2.84. The predicted octanol–water partition coefficient (Wildman–Crippen LogP) is 3.67. The van der Waals surface area contributed by atoms with Crippen molar-refractivity contribution >= 4 is 46.4 Å². The fourth-order valence-electron chi connectivity index (χ4n) is 3.44. The molecule has 2 bridgehead atoms. The van der Waals surface area contributed by atoms with Crippen LogP contribution in [0.2, 0.25) is 0 Å². The lowest BCUT2D eigenvalue weighted by molar-refractivity contribution is -0.220. The van der Waals surface area contributed by atoms with Crippen LogP contribution >= 0.6 is 46.4 Å². The summed E-state index contributed by atoms with van der Waals surface area (Å²) in [4.78, 5) is 8.11. The van der Waals surface area contributed by atoms with Crippen molar-refractivity contribution in [3.05, 3.63) is 15.0 Å². The average Bonchev–Trinajstić information content (AvgIpc) is 2.63. The summed E-state index contributed by atoms with van der Waals surface area (Å²) in [5, 5.41) is 3.28. The number of hydrogen-bond acceptors (Lipinski definition) is 4. The van der Waals surface area contributed by atoms with E-state index in [2.05, 4.69) is 5.18 Å². The molecule has 108 valence electrons. The highest BCUT2D eigenvalue weighted by Gasteiger charge is 2.83. The molecule has 0 aromatic heterocycles. The van der Waals surface area contributed by atoms with Crippen LogP contribution in [0.1, 0.15) is 6.92 Å². The van der Waals surface area contributed by atoms with Gasteiger partial charge >= 0.3 is 0 Å². The Kier molecular flexibility index (Phi) is 3.92. The average molecular weight is 349 g/mol. The second-order valence-corrected chi connectivity index (χ2v) is 6.73. The van der Waals surface area contributed by atoms with Crippen LogP contribution in [0.5, 0.6) is 0 Å². The number of ether oxygens (including phenoxy) is 2. The van der Waals surface area contributed by atoms with Crippen LogP contribution in [0.25, 0.3) is 0 Å². The molecule has 0 spiro atoms. The Morgan fingerprint density at radius 2 is 1.63 bits per heavy atom. The molecule has 2 rings (SSSR count). The highest BCUT2D eigenvalue weighted by molar-refractivity contribution is 6.52. The summed E-state index contributed by atoms with van der Waals surface area (Å²) in [6, 6.07) is 0. The molecule has 0 N–H and O–H groups in total. The number of fused-ring (bicyclic) bond motifs is 2. The predicted molar refractivity (Wildman–Crippen MR) is 76.0 cm³/mol. The van der Waals surface area contributed by atoms with Crippen molar-refractivity contribution in [1.29, 1.82) is 0 Å². The molecule has 2 aliphatic carbocycles. The van der Waals surface area contributed by atoms with Crippen LogP contribution in [0.3, 0.4) is 0 Å². The molecule has 0 radical (unpaired) electrons. The van der Waals surface area contributed by atoms with E-state index in [-0.39, 0.29) is 22.5 Å². The van der Waals surface area contributed by atoms with Crippen molar-refractivity contribution in [1.82, 2.24) is 0 Å². The number of hydrogen-bond donors (Lipinski definition) is 0. The lowest BCUT2D eigenvalue weighted by atomic mass is 9.83. The molecule has 0 aromatic carbocycles. The Bertz CT molecular complexity index is 453. The Balaban J connectivity index is 2.73. The van der Waals surface area contributed by atoms with Crippen molar-refractivity contribution in [3.8, 4) is 0 Å². The summed E-state index contributed by atoms with van der Waals surface area (Å²) in [6.07, 6.45) is 0. The van der Waals surface area contributed by atoms with E-state index in [1.807, 2.05) is 6.92 Å². The van der Waals surface area contributed by atoms with Crippen molar-refractivity contribution in [2.24, 2.45) is 17.0 Å². The molecule has 0 aromatic rings. The molecule has 2 aliphatic rings. The third-order valence-corrected chi connectivity index (χ3v) is 7.14. The van der Waals surface area contributed by atoms with E-state index in [4.69, 9.17) is 55.9 Å². The maximum absolute atomic E-state index is 10.7. The standard InChI is InChI=1S/C11H13Cl4NO3/c1-5-6(4-16-17)10(15)8(13)7(12)9(5,14)11(10,18-2)19-3/h5-6H,4H2,1-3H3/t5-,6-,9?,10?/m0/s1. The second-order valence-electron chi connectivity index (χ2n) is 4.78. The summed E-state index contributed by atoms with van der Waals surface area (Å²) >= 11 is 25.9. The Morgan fingerprint density at radius 3 is 2.00 bits per heavy atom. The number of alkyl halides is 2. The molecule has 19 heavy (non-hydrogen) atoms. The Morgan fingerprint density at radius 1 is 1.16 bits per heavy atom. The van der Waals surface area contributed by atoms with Gasteiger partial charge in [-0.25, -0.2) is 0 Å². The maximum atomic E-state index is 10.7. The van der Waals surface area contributed by atoms with Crippen LogP contribution in [0, 0.1) is 16.7 Å². The van der Waals surface area contributed by atoms with Crippen LogP contribution in [0.4, 0.5) is 0 Å². The first-order valence-corrected chi connectivity index (χ1v) is 7.14. The minimum atomic E-state index is -1.44. The third-order valence-electron chi connectivity index (χ3n) is 4.38. The molecule has 0 amide bonds. The maximum Gasteiger partial charge on any atom is 0.217 e. The molecule has 4 nitrogen and oxygen atoms in total. The Labute approximate surface area is 131 Å². The quantitative estimate of drug-likeness (QED) is 0.442. The van der Waals surface area contributed by atoms with E-state index < -0.39 is 21.5 Å². The minimum Gasteiger partial charge on any atom is -0.350 e. The zero-order valence-corrected chi connectivity index (χ0v) is 13.6. The first-order valence-electron chi connectivity index (χ1n) is 5.63. The molecule has 2 unspecified atom stereocenters. The van der Waals surface area contributed by atoms with Gasteiger partial charge < -0.3 is 9.47 Å². The van der Waals surface area contributed by atoms with Gasteiger partial charge in [0, 0.05) is 20.1 Å². The molecule has 1 fully saturated rings. The third kappa shape index (κ3) is 1.41. The first-order chi connectivity index (χ1) is 8.79. The number of methoxy groups -OCH3 is 2. The lowest BCUT2D eigenvalue weighted by Crippen LogP contribution is -2.57. The highest BCUT2D eigenvalue weighted by Crippen LogP contribution is 2.73. The van der Waals surface area contributed by atoms with Gasteiger partial charge in [-0.2, -0.15) is 4.91 Å². The number of nitroso groups, excluding NO2 is 1. The molecule has 0 saturated heterocycles. The van der Waals surface area contributed by atoms with Gasteiger partial charge in [0.15, 0.2) is 0 Å². The van der Waals surface area contributed by atoms with E-state index >= 15 is 0 Å². The SMILES string of the molecule is COC1(OC)C2(Cl)C(Cl)=C(Cl)C1(Cl)[C@@H](CN=O)[C@@H]2C. The minimum absolute atomic E-state index is 0.0476. The van der Waals surface area contributed by atoms with Gasteiger partial charge in [-0.3, -0.25) is 0 Å². The topological polar surface area (TPSA) is 47.9 Å². The van der Waals surface area contributed by atoms with Crippen LogP contribution in [0.15, 0.2) is 15.2 Å². The summed E-state index contributed by atoms with van der Waals surface area (Å²) < 4.78 is 11.0.